The van der Waals surface area contributed by atoms with Gasteiger partial charge in [0, 0.05) is 23.8 Å². The summed E-state index contributed by atoms with van der Waals surface area (Å²) in [5.74, 6) is 0. The maximum atomic E-state index is 3.55. The molecular formula is C16H26N2. The molecule has 18 heavy (non-hydrogen) atoms. The molecule has 1 fully saturated rings. The van der Waals surface area contributed by atoms with Crippen molar-refractivity contribution in [3.63, 3.8) is 0 Å². The first-order chi connectivity index (χ1) is 8.54. The maximum absolute atomic E-state index is 3.55. The molecule has 0 radical (unpaired) electrons. The second kappa shape index (κ2) is 5.31. The molecule has 1 aromatic rings. The van der Waals surface area contributed by atoms with Gasteiger partial charge in [0.05, 0.1) is 0 Å². The van der Waals surface area contributed by atoms with E-state index in [0.717, 1.165) is 19.5 Å². The molecule has 1 heterocycles. The van der Waals surface area contributed by atoms with Crippen molar-refractivity contribution in [3.05, 3.63) is 29.8 Å². The Balaban J connectivity index is 2.31. The molecule has 100 valence electrons. The average Bonchev–Trinajstić information content (AvgIpc) is 2.48. The van der Waals surface area contributed by atoms with Crippen molar-refractivity contribution in [1.82, 2.24) is 5.32 Å². The number of hydrogen-bond donors (Lipinski definition) is 1. The minimum atomic E-state index is 0.170. The van der Waals surface area contributed by atoms with E-state index in [1.54, 1.807) is 0 Å². The summed E-state index contributed by atoms with van der Waals surface area (Å²) in [7, 11) is 0. The molecule has 1 aromatic carbocycles. The highest BCUT2D eigenvalue weighted by Crippen LogP contribution is 2.29. The molecule has 0 bridgehead atoms. The zero-order valence-corrected chi connectivity index (χ0v) is 12.2. The van der Waals surface area contributed by atoms with Crippen LogP contribution in [0.25, 0.3) is 0 Å². The summed E-state index contributed by atoms with van der Waals surface area (Å²) in [6.07, 6.45) is 2.32. The van der Waals surface area contributed by atoms with E-state index >= 15 is 0 Å². The summed E-state index contributed by atoms with van der Waals surface area (Å²) < 4.78 is 0. The van der Waals surface area contributed by atoms with Gasteiger partial charge in [0.1, 0.15) is 0 Å². The average molecular weight is 246 g/mol. The van der Waals surface area contributed by atoms with Gasteiger partial charge in [0.25, 0.3) is 0 Å². The molecule has 1 N–H and O–H groups in total. The van der Waals surface area contributed by atoms with E-state index < -0.39 is 0 Å². The summed E-state index contributed by atoms with van der Waals surface area (Å²) >= 11 is 0. The van der Waals surface area contributed by atoms with Gasteiger partial charge >= 0.3 is 0 Å². The Morgan fingerprint density at radius 1 is 1.28 bits per heavy atom. The SMILES string of the molecule is CCc1ccc(N2C(C)CCNCC2(C)C)cc1. The molecular weight excluding hydrogens is 220 g/mol. The standard InChI is InChI=1S/C16H26N2/c1-5-14-6-8-15(9-7-14)18-13(2)10-11-17-12-16(18,3)4/h6-9,13,17H,5,10-12H2,1-4H3. The van der Waals surface area contributed by atoms with Crippen molar-refractivity contribution < 1.29 is 0 Å². The van der Waals surface area contributed by atoms with E-state index in [0.29, 0.717) is 6.04 Å². The predicted octanol–water partition coefficient (Wildman–Crippen LogP) is 3.22. The predicted molar refractivity (Wildman–Crippen MR) is 79.3 cm³/mol. The van der Waals surface area contributed by atoms with Gasteiger partial charge in [-0.15, -0.1) is 0 Å². The van der Waals surface area contributed by atoms with Gasteiger partial charge in [-0.1, -0.05) is 19.1 Å². The van der Waals surface area contributed by atoms with Crippen molar-refractivity contribution in [1.29, 1.82) is 0 Å². The Hall–Kier alpha value is -1.02. The molecule has 1 unspecified atom stereocenters. The molecule has 0 spiro atoms. The number of hydrogen-bond acceptors (Lipinski definition) is 2. The van der Waals surface area contributed by atoms with E-state index in [4.69, 9.17) is 0 Å². The smallest absolute Gasteiger partial charge is 0.0473 e. The number of nitrogens with zero attached hydrogens (tertiary/aromatic N) is 1. The molecule has 2 rings (SSSR count). The quantitative estimate of drug-likeness (QED) is 0.862. The Kier molecular flexibility index (Phi) is 3.96. The Bertz CT molecular complexity index is 381. The van der Waals surface area contributed by atoms with Crippen LogP contribution >= 0.6 is 0 Å². The highest BCUT2D eigenvalue weighted by atomic mass is 15.2. The third-order valence-electron chi connectivity index (χ3n) is 4.01. The van der Waals surface area contributed by atoms with Crippen LogP contribution in [0.4, 0.5) is 5.69 Å². The van der Waals surface area contributed by atoms with E-state index in [2.05, 4.69) is 62.2 Å². The normalized spacial score (nSPS) is 23.8. The van der Waals surface area contributed by atoms with Crippen LogP contribution in [0.15, 0.2) is 24.3 Å². The second-order valence-corrected chi connectivity index (χ2v) is 6.02. The number of nitrogens with one attached hydrogen (secondary N) is 1. The largest absolute Gasteiger partial charge is 0.362 e. The van der Waals surface area contributed by atoms with Crippen LogP contribution in [0.2, 0.25) is 0 Å². The summed E-state index contributed by atoms with van der Waals surface area (Å²) in [6, 6.07) is 9.67. The molecule has 1 atom stereocenters. The van der Waals surface area contributed by atoms with E-state index in [1.165, 1.54) is 17.7 Å². The Morgan fingerprint density at radius 3 is 2.56 bits per heavy atom. The zero-order chi connectivity index (χ0) is 13.2. The summed E-state index contributed by atoms with van der Waals surface area (Å²) in [4.78, 5) is 2.58. The minimum Gasteiger partial charge on any atom is -0.362 e. The molecule has 1 aliphatic rings. The Morgan fingerprint density at radius 2 is 1.94 bits per heavy atom. The maximum Gasteiger partial charge on any atom is 0.0473 e. The van der Waals surface area contributed by atoms with E-state index in [9.17, 15) is 0 Å². The first-order valence-electron chi connectivity index (χ1n) is 7.13. The van der Waals surface area contributed by atoms with E-state index in [1.807, 2.05) is 0 Å². The lowest BCUT2D eigenvalue weighted by molar-refractivity contribution is 0.433. The number of rotatable bonds is 2. The third kappa shape index (κ3) is 2.69. The fourth-order valence-corrected chi connectivity index (χ4v) is 3.01. The number of aryl methyl sites for hydroxylation is 1. The topological polar surface area (TPSA) is 15.3 Å². The fourth-order valence-electron chi connectivity index (χ4n) is 3.01. The van der Waals surface area contributed by atoms with Gasteiger partial charge in [-0.2, -0.15) is 0 Å². The molecule has 2 nitrogen and oxygen atoms in total. The lowest BCUT2D eigenvalue weighted by Gasteiger charge is -2.42. The van der Waals surface area contributed by atoms with Crippen molar-refractivity contribution in [3.8, 4) is 0 Å². The van der Waals surface area contributed by atoms with Crippen molar-refractivity contribution in [2.45, 2.75) is 52.1 Å². The van der Waals surface area contributed by atoms with Crippen LogP contribution in [0.3, 0.4) is 0 Å². The highest BCUT2D eigenvalue weighted by molar-refractivity contribution is 5.51. The van der Waals surface area contributed by atoms with Gasteiger partial charge in [-0.25, -0.2) is 0 Å². The molecule has 1 aliphatic heterocycles. The molecule has 0 amide bonds. The first kappa shape index (κ1) is 13.4. The fraction of sp³-hybridized carbons (Fsp3) is 0.625. The van der Waals surface area contributed by atoms with Crippen LogP contribution in [0.1, 0.15) is 39.7 Å². The van der Waals surface area contributed by atoms with Gasteiger partial charge < -0.3 is 10.2 Å². The van der Waals surface area contributed by atoms with E-state index in [-0.39, 0.29) is 5.54 Å². The zero-order valence-electron chi connectivity index (χ0n) is 12.2. The number of benzene rings is 1. The van der Waals surface area contributed by atoms with Crippen LogP contribution in [-0.4, -0.2) is 24.7 Å². The van der Waals surface area contributed by atoms with Gasteiger partial charge in [0.15, 0.2) is 0 Å². The second-order valence-electron chi connectivity index (χ2n) is 6.02. The van der Waals surface area contributed by atoms with Crippen LogP contribution in [-0.2, 0) is 6.42 Å². The molecule has 2 heteroatoms. The van der Waals surface area contributed by atoms with Crippen LogP contribution in [0, 0.1) is 0 Å². The van der Waals surface area contributed by atoms with Crippen molar-refractivity contribution in [2.75, 3.05) is 18.0 Å². The van der Waals surface area contributed by atoms with Crippen molar-refractivity contribution >= 4 is 5.69 Å². The number of anilines is 1. The summed E-state index contributed by atoms with van der Waals surface area (Å²) in [5, 5.41) is 3.55. The van der Waals surface area contributed by atoms with Gasteiger partial charge in [0.2, 0.25) is 0 Å². The van der Waals surface area contributed by atoms with Crippen LogP contribution < -0.4 is 10.2 Å². The van der Waals surface area contributed by atoms with Gasteiger partial charge in [-0.3, -0.25) is 0 Å². The lowest BCUT2D eigenvalue weighted by atomic mass is 9.99. The summed E-state index contributed by atoms with van der Waals surface area (Å²) in [5.41, 5.74) is 2.94. The monoisotopic (exact) mass is 246 g/mol. The van der Waals surface area contributed by atoms with Crippen LogP contribution in [0.5, 0.6) is 0 Å². The Labute approximate surface area is 111 Å². The molecule has 0 saturated carbocycles. The highest BCUT2D eigenvalue weighted by Gasteiger charge is 2.32. The molecule has 1 saturated heterocycles. The molecule has 0 aliphatic carbocycles. The third-order valence-corrected chi connectivity index (χ3v) is 4.01. The summed E-state index contributed by atoms with van der Waals surface area (Å²) in [6.45, 7) is 11.4. The lowest BCUT2D eigenvalue weighted by Crippen LogP contribution is -2.51. The minimum absolute atomic E-state index is 0.170. The van der Waals surface area contributed by atoms with Crippen molar-refractivity contribution in [2.24, 2.45) is 0 Å². The first-order valence-corrected chi connectivity index (χ1v) is 7.13. The van der Waals surface area contributed by atoms with Gasteiger partial charge in [-0.05, 0) is 57.9 Å². The molecule has 0 aromatic heterocycles.